The minimum atomic E-state index is 0.881. The van der Waals surface area contributed by atoms with Gasteiger partial charge in [0.05, 0.1) is 0 Å². The van der Waals surface area contributed by atoms with Crippen molar-refractivity contribution < 1.29 is 0 Å². The van der Waals surface area contributed by atoms with Crippen molar-refractivity contribution in [1.82, 2.24) is 10.2 Å². The Balaban J connectivity index is 1.49. The average molecular weight is 210 g/mol. The molecule has 2 saturated carbocycles. The van der Waals surface area contributed by atoms with Gasteiger partial charge in [-0.15, -0.1) is 0 Å². The molecule has 2 aliphatic rings. The first-order chi connectivity index (χ1) is 7.38. The molecule has 0 amide bonds. The highest BCUT2D eigenvalue weighted by Crippen LogP contribution is 2.27. The fourth-order valence-corrected chi connectivity index (χ4v) is 2.32. The predicted octanol–water partition coefficient (Wildman–Crippen LogP) is 2.25. The van der Waals surface area contributed by atoms with Crippen LogP contribution in [0.4, 0.5) is 0 Å². The molecular weight excluding hydrogens is 184 g/mol. The summed E-state index contributed by atoms with van der Waals surface area (Å²) in [5.74, 6) is 1.03. The van der Waals surface area contributed by atoms with E-state index in [1.807, 2.05) is 0 Å². The molecule has 0 radical (unpaired) electrons. The molecule has 2 nitrogen and oxygen atoms in total. The summed E-state index contributed by atoms with van der Waals surface area (Å²) < 4.78 is 0. The minimum Gasteiger partial charge on any atom is -0.314 e. The summed E-state index contributed by atoms with van der Waals surface area (Å²) in [7, 11) is 0. The first-order valence-corrected chi connectivity index (χ1v) is 6.84. The van der Waals surface area contributed by atoms with Gasteiger partial charge in [-0.05, 0) is 57.7 Å². The van der Waals surface area contributed by atoms with Gasteiger partial charge in [0.2, 0.25) is 0 Å². The third kappa shape index (κ3) is 4.12. The van der Waals surface area contributed by atoms with Gasteiger partial charge in [0.15, 0.2) is 0 Å². The maximum atomic E-state index is 3.59. The lowest BCUT2D eigenvalue weighted by Gasteiger charge is -2.31. The number of hydrogen-bond donors (Lipinski definition) is 1. The van der Waals surface area contributed by atoms with Gasteiger partial charge in [-0.3, -0.25) is 0 Å². The molecule has 1 N–H and O–H groups in total. The number of rotatable bonds is 8. The van der Waals surface area contributed by atoms with Crippen LogP contribution in [0.2, 0.25) is 0 Å². The Hall–Kier alpha value is -0.0800. The molecule has 0 aromatic carbocycles. The molecule has 88 valence electrons. The van der Waals surface area contributed by atoms with E-state index in [0.717, 1.165) is 12.0 Å². The Labute approximate surface area is 94.4 Å². The maximum Gasteiger partial charge on any atom is 0.00682 e. The van der Waals surface area contributed by atoms with Crippen molar-refractivity contribution in [2.24, 2.45) is 5.92 Å². The lowest BCUT2D eigenvalue weighted by Crippen LogP contribution is -2.34. The molecule has 2 rings (SSSR count). The summed E-state index contributed by atoms with van der Waals surface area (Å²) >= 11 is 0. The van der Waals surface area contributed by atoms with Crippen molar-refractivity contribution in [2.75, 3.05) is 26.2 Å². The average Bonchev–Trinajstić information content (AvgIpc) is 2.98. The van der Waals surface area contributed by atoms with Crippen molar-refractivity contribution in [2.45, 2.75) is 51.5 Å². The molecule has 15 heavy (non-hydrogen) atoms. The van der Waals surface area contributed by atoms with Crippen molar-refractivity contribution >= 4 is 0 Å². The number of nitrogens with one attached hydrogen (secondary N) is 1. The fourth-order valence-electron chi connectivity index (χ4n) is 2.32. The van der Waals surface area contributed by atoms with Gasteiger partial charge in [0, 0.05) is 12.6 Å². The topological polar surface area (TPSA) is 15.3 Å². The minimum absolute atomic E-state index is 0.881. The molecule has 0 heterocycles. The van der Waals surface area contributed by atoms with E-state index < -0.39 is 0 Å². The zero-order valence-electron chi connectivity index (χ0n) is 10.2. The van der Waals surface area contributed by atoms with E-state index in [9.17, 15) is 0 Å². The smallest absolute Gasteiger partial charge is 0.00682 e. The molecule has 0 unspecified atom stereocenters. The highest BCUT2D eigenvalue weighted by atomic mass is 15.1. The Kier molecular flexibility index (Phi) is 4.45. The summed E-state index contributed by atoms with van der Waals surface area (Å²) in [5, 5.41) is 3.59. The molecule has 2 aliphatic carbocycles. The summed E-state index contributed by atoms with van der Waals surface area (Å²) in [5.41, 5.74) is 0. The van der Waals surface area contributed by atoms with Crippen molar-refractivity contribution in [3.63, 3.8) is 0 Å². The van der Waals surface area contributed by atoms with E-state index in [1.165, 1.54) is 64.7 Å². The van der Waals surface area contributed by atoms with Crippen LogP contribution in [0, 0.1) is 5.92 Å². The SMILES string of the molecule is CCN(CCCNC1CC1)CC1CCC1. The maximum absolute atomic E-state index is 3.59. The van der Waals surface area contributed by atoms with Gasteiger partial charge in [0.25, 0.3) is 0 Å². The molecule has 0 atom stereocenters. The lowest BCUT2D eigenvalue weighted by atomic mass is 9.85. The Bertz CT molecular complexity index is 173. The summed E-state index contributed by atoms with van der Waals surface area (Å²) in [6, 6.07) is 0.881. The van der Waals surface area contributed by atoms with Crippen LogP contribution in [-0.2, 0) is 0 Å². The van der Waals surface area contributed by atoms with Gasteiger partial charge in [-0.25, -0.2) is 0 Å². The Morgan fingerprint density at radius 3 is 2.53 bits per heavy atom. The van der Waals surface area contributed by atoms with E-state index in [1.54, 1.807) is 0 Å². The van der Waals surface area contributed by atoms with Crippen LogP contribution in [0.1, 0.15) is 45.4 Å². The van der Waals surface area contributed by atoms with Gasteiger partial charge in [-0.1, -0.05) is 13.3 Å². The van der Waals surface area contributed by atoms with Crippen LogP contribution >= 0.6 is 0 Å². The first-order valence-electron chi connectivity index (χ1n) is 6.84. The second-order valence-electron chi connectivity index (χ2n) is 5.27. The molecular formula is C13H26N2. The van der Waals surface area contributed by atoms with Crippen LogP contribution in [0.25, 0.3) is 0 Å². The molecule has 2 fully saturated rings. The fraction of sp³-hybridized carbons (Fsp3) is 1.00. The van der Waals surface area contributed by atoms with Crippen LogP contribution in [0.3, 0.4) is 0 Å². The number of nitrogens with zero attached hydrogens (tertiary/aromatic N) is 1. The molecule has 2 heteroatoms. The second-order valence-corrected chi connectivity index (χ2v) is 5.27. The van der Waals surface area contributed by atoms with Crippen LogP contribution in [0.5, 0.6) is 0 Å². The largest absolute Gasteiger partial charge is 0.314 e. The first kappa shape index (κ1) is 11.4. The van der Waals surface area contributed by atoms with Crippen LogP contribution in [-0.4, -0.2) is 37.1 Å². The van der Waals surface area contributed by atoms with Crippen molar-refractivity contribution in [3.05, 3.63) is 0 Å². The third-order valence-corrected chi connectivity index (χ3v) is 3.85. The quantitative estimate of drug-likeness (QED) is 0.618. The normalized spacial score (nSPS) is 22.0. The van der Waals surface area contributed by atoms with E-state index >= 15 is 0 Å². The summed E-state index contributed by atoms with van der Waals surface area (Å²) in [6.07, 6.45) is 8.61. The second kappa shape index (κ2) is 5.86. The van der Waals surface area contributed by atoms with E-state index in [4.69, 9.17) is 0 Å². The summed E-state index contributed by atoms with van der Waals surface area (Å²) in [6.45, 7) is 7.42. The van der Waals surface area contributed by atoms with Crippen molar-refractivity contribution in [3.8, 4) is 0 Å². The van der Waals surface area contributed by atoms with Crippen LogP contribution in [0.15, 0.2) is 0 Å². The van der Waals surface area contributed by atoms with Crippen LogP contribution < -0.4 is 5.32 Å². The highest BCUT2D eigenvalue weighted by Gasteiger charge is 2.21. The lowest BCUT2D eigenvalue weighted by molar-refractivity contribution is 0.182. The zero-order valence-corrected chi connectivity index (χ0v) is 10.2. The molecule has 0 bridgehead atoms. The summed E-state index contributed by atoms with van der Waals surface area (Å²) in [4.78, 5) is 2.64. The standard InChI is InChI=1S/C13H26N2/c1-2-15(11-12-5-3-6-12)10-4-9-14-13-7-8-13/h12-14H,2-11H2,1H3. The van der Waals surface area contributed by atoms with Crippen molar-refractivity contribution in [1.29, 1.82) is 0 Å². The van der Waals surface area contributed by atoms with Gasteiger partial charge in [0.1, 0.15) is 0 Å². The zero-order chi connectivity index (χ0) is 10.5. The molecule has 0 aromatic rings. The molecule has 0 spiro atoms. The van der Waals surface area contributed by atoms with Gasteiger partial charge < -0.3 is 10.2 Å². The van der Waals surface area contributed by atoms with Gasteiger partial charge in [-0.2, -0.15) is 0 Å². The molecule has 0 aliphatic heterocycles. The van der Waals surface area contributed by atoms with E-state index in [0.29, 0.717) is 0 Å². The third-order valence-electron chi connectivity index (χ3n) is 3.85. The highest BCUT2D eigenvalue weighted by molar-refractivity contribution is 4.80. The molecule has 0 aromatic heterocycles. The van der Waals surface area contributed by atoms with E-state index in [2.05, 4.69) is 17.1 Å². The van der Waals surface area contributed by atoms with E-state index in [-0.39, 0.29) is 0 Å². The monoisotopic (exact) mass is 210 g/mol. The predicted molar refractivity (Wildman–Crippen MR) is 65.1 cm³/mol. The number of hydrogen-bond acceptors (Lipinski definition) is 2. The molecule has 0 saturated heterocycles. The van der Waals surface area contributed by atoms with Gasteiger partial charge >= 0.3 is 0 Å². The Morgan fingerprint density at radius 1 is 1.20 bits per heavy atom. The Morgan fingerprint density at radius 2 is 2.00 bits per heavy atom.